The predicted molar refractivity (Wildman–Crippen MR) is 131 cm³/mol. The largest absolute Gasteiger partial charge is 0.481 e. The SMILES string of the molecule is CC(C)C[C@H](NC(=O)[C@H](CC(C)C)NC(=O)[C@@H](N)CC(=O)O)C(=O)N[C@H]([C]=O)Cc1ccccc1. The van der Waals surface area contributed by atoms with Crippen molar-refractivity contribution in [1.82, 2.24) is 16.0 Å². The van der Waals surface area contributed by atoms with Crippen molar-refractivity contribution in [1.29, 1.82) is 0 Å². The quantitative estimate of drug-likeness (QED) is 0.241. The number of carbonyl (C=O) groups excluding carboxylic acids is 4. The highest BCUT2D eigenvalue weighted by atomic mass is 16.4. The number of amides is 3. The summed E-state index contributed by atoms with van der Waals surface area (Å²) in [6.45, 7) is 7.49. The number of benzene rings is 1. The number of hydrogen-bond donors (Lipinski definition) is 5. The monoisotopic (exact) mass is 489 g/mol. The van der Waals surface area contributed by atoms with Crippen LogP contribution in [-0.4, -0.2) is 59.3 Å². The molecule has 4 atom stereocenters. The van der Waals surface area contributed by atoms with Crippen LogP contribution in [0.3, 0.4) is 0 Å². The molecule has 1 rings (SSSR count). The number of nitrogens with two attached hydrogens (primary N) is 1. The molecule has 1 aromatic carbocycles. The maximum absolute atomic E-state index is 13.1. The van der Waals surface area contributed by atoms with Gasteiger partial charge in [0.1, 0.15) is 12.1 Å². The number of carbonyl (C=O) groups is 4. The standard InChI is InChI=1S/C25H37N4O6/c1-15(2)10-20(24(34)27-18(14-30)12-17-8-6-5-7-9-17)29-25(35)21(11-16(3)4)28-23(33)19(26)13-22(31)32/h5-9,15-16,18-21H,10-13,26H2,1-4H3,(H,27,34)(H,28,33)(H,29,35)(H,31,32)/t18-,19-,20-,21-/m0/s1. The van der Waals surface area contributed by atoms with Crippen LogP contribution in [0.25, 0.3) is 0 Å². The Morgan fingerprint density at radius 2 is 1.34 bits per heavy atom. The molecule has 6 N–H and O–H groups in total. The average molecular weight is 490 g/mol. The number of aliphatic carboxylic acids is 1. The highest BCUT2D eigenvalue weighted by molar-refractivity contribution is 5.94. The van der Waals surface area contributed by atoms with E-state index in [1.807, 2.05) is 64.3 Å². The fourth-order valence-electron chi connectivity index (χ4n) is 3.48. The van der Waals surface area contributed by atoms with Gasteiger partial charge >= 0.3 is 5.97 Å². The van der Waals surface area contributed by atoms with Crippen LogP contribution in [0, 0.1) is 11.8 Å². The molecule has 0 bridgehead atoms. The first kappa shape index (κ1) is 29.8. The van der Waals surface area contributed by atoms with Gasteiger partial charge in [0.05, 0.1) is 18.5 Å². The summed E-state index contributed by atoms with van der Waals surface area (Å²) >= 11 is 0. The molecule has 0 saturated carbocycles. The second-order valence-electron chi connectivity index (χ2n) is 9.45. The van der Waals surface area contributed by atoms with Gasteiger partial charge in [-0.15, -0.1) is 0 Å². The molecule has 0 aliphatic carbocycles. The minimum absolute atomic E-state index is 0.0130. The molecule has 10 heteroatoms. The molecule has 0 unspecified atom stereocenters. The topological polar surface area (TPSA) is 168 Å². The lowest BCUT2D eigenvalue weighted by Crippen LogP contribution is -2.57. The van der Waals surface area contributed by atoms with Crippen LogP contribution in [0.15, 0.2) is 30.3 Å². The zero-order chi connectivity index (χ0) is 26.5. The molecule has 0 spiro atoms. The molecule has 0 saturated heterocycles. The highest BCUT2D eigenvalue weighted by Crippen LogP contribution is 2.10. The molecule has 0 heterocycles. The van der Waals surface area contributed by atoms with E-state index >= 15 is 0 Å². The Hall–Kier alpha value is -3.27. The van der Waals surface area contributed by atoms with Crippen molar-refractivity contribution >= 4 is 30.0 Å². The second kappa shape index (κ2) is 14.9. The second-order valence-corrected chi connectivity index (χ2v) is 9.45. The van der Waals surface area contributed by atoms with Gasteiger partial charge in [-0.05, 0) is 30.2 Å². The Morgan fingerprint density at radius 1 is 0.857 bits per heavy atom. The number of carboxylic acid groups (broad SMARTS) is 1. The van der Waals surface area contributed by atoms with E-state index in [1.54, 1.807) is 0 Å². The lowest BCUT2D eigenvalue weighted by atomic mass is 9.99. The highest BCUT2D eigenvalue weighted by Gasteiger charge is 2.30. The molecule has 193 valence electrons. The van der Waals surface area contributed by atoms with Crippen LogP contribution >= 0.6 is 0 Å². The summed E-state index contributed by atoms with van der Waals surface area (Å²) in [4.78, 5) is 60.7. The van der Waals surface area contributed by atoms with Crippen LogP contribution in [-0.2, 0) is 30.4 Å². The van der Waals surface area contributed by atoms with Crippen LogP contribution in [0.2, 0.25) is 0 Å². The van der Waals surface area contributed by atoms with Gasteiger partial charge in [0.15, 0.2) is 0 Å². The first-order valence-corrected chi connectivity index (χ1v) is 11.7. The molecule has 0 aromatic heterocycles. The number of carboxylic acids is 1. The smallest absolute Gasteiger partial charge is 0.305 e. The van der Waals surface area contributed by atoms with Crippen LogP contribution in [0.1, 0.15) is 52.5 Å². The third-order valence-corrected chi connectivity index (χ3v) is 5.15. The first-order chi connectivity index (χ1) is 16.4. The van der Waals surface area contributed by atoms with Gasteiger partial charge in [-0.1, -0.05) is 58.0 Å². The van der Waals surface area contributed by atoms with Gasteiger partial charge in [-0.3, -0.25) is 24.0 Å². The van der Waals surface area contributed by atoms with Gasteiger partial charge in [-0.2, -0.15) is 0 Å². The Labute approximate surface area is 206 Å². The molecule has 3 amide bonds. The van der Waals surface area contributed by atoms with E-state index in [4.69, 9.17) is 10.8 Å². The molecular formula is C25H37N4O6. The number of hydrogen-bond acceptors (Lipinski definition) is 6. The number of rotatable bonds is 15. The Kier molecular flexibility index (Phi) is 12.6. The van der Waals surface area contributed by atoms with Crippen molar-refractivity contribution in [3.05, 3.63) is 35.9 Å². The van der Waals surface area contributed by atoms with Gasteiger partial charge in [0.2, 0.25) is 24.0 Å². The van der Waals surface area contributed by atoms with Gasteiger partial charge in [0, 0.05) is 6.42 Å². The van der Waals surface area contributed by atoms with Crippen LogP contribution in [0.4, 0.5) is 0 Å². The minimum atomic E-state index is -1.31. The summed E-state index contributed by atoms with van der Waals surface area (Å²) < 4.78 is 0. The summed E-state index contributed by atoms with van der Waals surface area (Å²) in [7, 11) is 0. The van der Waals surface area contributed by atoms with Crippen molar-refractivity contribution in [3.8, 4) is 0 Å². The van der Waals surface area contributed by atoms with E-state index in [1.165, 1.54) is 0 Å². The molecule has 0 aliphatic heterocycles. The molecule has 1 radical (unpaired) electrons. The van der Waals surface area contributed by atoms with Crippen molar-refractivity contribution in [3.63, 3.8) is 0 Å². The Morgan fingerprint density at radius 3 is 1.80 bits per heavy atom. The summed E-state index contributed by atoms with van der Waals surface area (Å²) in [5.74, 6) is -3.07. The molecule has 0 aliphatic rings. The zero-order valence-corrected chi connectivity index (χ0v) is 20.7. The lowest BCUT2D eigenvalue weighted by Gasteiger charge is -2.26. The molecule has 35 heavy (non-hydrogen) atoms. The maximum Gasteiger partial charge on any atom is 0.305 e. The van der Waals surface area contributed by atoms with Gasteiger partial charge < -0.3 is 26.8 Å². The van der Waals surface area contributed by atoms with Crippen LogP contribution in [0.5, 0.6) is 0 Å². The van der Waals surface area contributed by atoms with E-state index in [0.717, 1.165) is 5.56 Å². The van der Waals surface area contributed by atoms with Crippen molar-refractivity contribution < 1.29 is 29.1 Å². The van der Waals surface area contributed by atoms with Crippen LogP contribution < -0.4 is 21.7 Å². The summed E-state index contributed by atoms with van der Waals surface area (Å²) in [5, 5.41) is 16.7. The Balaban J connectivity index is 2.94. The molecule has 1 aromatic rings. The van der Waals surface area contributed by atoms with Gasteiger partial charge in [-0.25, -0.2) is 0 Å². The van der Waals surface area contributed by atoms with E-state index < -0.39 is 54.3 Å². The van der Waals surface area contributed by atoms with Crippen molar-refractivity contribution in [2.24, 2.45) is 17.6 Å². The molecule has 0 fully saturated rings. The average Bonchev–Trinajstić information content (AvgIpc) is 2.77. The first-order valence-electron chi connectivity index (χ1n) is 11.7. The van der Waals surface area contributed by atoms with Crippen molar-refractivity contribution in [2.45, 2.75) is 77.5 Å². The summed E-state index contributed by atoms with van der Waals surface area (Å²) in [6.07, 6.45) is 2.07. The number of nitrogens with one attached hydrogen (secondary N) is 3. The third-order valence-electron chi connectivity index (χ3n) is 5.15. The van der Waals surface area contributed by atoms with E-state index in [-0.39, 0.29) is 24.7 Å². The van der Waals surface area contributed by atoms with Gasteiger partial charge in [0.25, 0.3) is 0 Å². The summed E-state index contributed by atoms with van der Waals surface area (Å²) in [5.41, 5.74) is 6.47. The minimum Gasteiger partial charge on any atom is -0.481 e. The van der Waals surface area contributed by atoms with E-state index in [2.05, 4.69) is 16.0 Å². The fraction of sp³-hybridized carbons (Fsp3) is 0.560. The zero-order valence-electron chi connectivity index (χ0n) is 20.7. The maximum atomic E-state index is 13.1. The lowest BCUT2D eigenvalue weighted by molar-refractivity contribution is -0.140. The Bertz CT molecular complexity index is 859. The predicted octanol–water partition coefficient (Wildman–Crippen LogP) is 0.687. The summed E-state index contributed by atoms with van der Waals surface area (Å²) in [6, 6.07) is 4.99. The molecular weight excluding hydrogens is 452 g/mol. The normalized spacial score (nSPS) is 14.5. The van der Waals surface area contributed by atoms with E-state index in [0.29, 0.717) is 6.42 Å². The van der Waals surface area contributed by atoms with Crippen molar-refractivity contribution in [2.75, 3.05) is 0 Å². The molecule has 10 nitrogen and oxygen atoms in total. The van der Waals surface area contributed by atoms with E-state index in [9.17, 15) is 24.0 Å². The fourth-order valence-corrected chi connectivity index (χ4v) is 3.48. The third kappa shape index (κ3) is 11.6.